The van der Waals surface area contributed by atoms with Gasteiger partial charge in [-0.15, -0.1) is 0 Å². The summed E-state index contributed by atoms with van der Waals surface area (Å²) in [6.45, 7) is 6.45. The quantitative estimate of drug-likeness (QED) is 0.0262. The molecule has 0 saturated carbocycles. The summed E-state index contributed by atoms with van der Waals surface area (Å²) in [7, 11) is 0. The van der Waals surface area contributed by atoms with Gasteiger partial charge in [0.05, 0.1) is 0 Å². The fourth-order valence-electron chi connectivity index (χ4n) is 7.35. The molecule has 0 rings (SSSR count). The summed E-state index contributed by atoms with van der Waals surface area (Å²) in [6, 6.07) is 0. The zero-order valence-electron chi connectivity index (χ0n) is 42.5. The van der Waals surface area contributed by atoms with Crippen molar-refractivity contribution in [2.24, 2.45) is 0 Å². The molecular weight excluding hydrogens is 805 g/mol. The largest absolute Gasteiger partial charge is 0.462 e. The first kappa shape index (κ1) is 61.6. The average Bonchev–Trinajstić information content (AvgIpc) is 3.30. The summed E-state index contributed by atoms with van der Waals surface area (Å²) in [5.41, 5.74) is 0. The van der Waals surface area contributed by atoms with E-state index in [4.69, 9.17) is 14.2 Å². The summed E-state index contributed by atoms with van der Waals surface area (Å²) in [6.07, 6.45) is 68.7. The lowest BCUT2D eigenvalue weighted by molar-refractivity contribution is -0.166. The molecule has 6 heteroatoms. The molecule has 0 spiro atoms. The van der Waals surface area contributed by atoms with Gasteiger partial charge in [-0.1, -0.05) is 234 Å². The van der Waals surface area contributed by atoms with E-state index in [9.17, 15) is 14.4 Å². The normalized spacial score (nSPS) is 12.7. The Balaban J connectivity index is 4.50. The highest BCUT2D eigenvalue weighted by molar-refractivity contribution is 5.71. The van der Waals surface area contributed by atoms with E-state index in [1.807, 2.05) is 6.08 Å². The molecule has 0 aromatic heterocycles. The van der Waals surface area contributed by atoms with Gasteiger partial charge >= 0.3 is 17.9 Å². The molecule has 6 nitrogen and oxygen atoms in total. The Labute approximate surface area is 401 Å². The number of carbonyl (C=O) groups excluding carboxylic acids is 3. The van der Waals surface area contributed by atoms with Crippen LogP contribution < -0.4 is 0 Å². The summed E-state index contributed by atoms with van der Waals surface area (Å²) in [4.78, 5) is 38.0. The van der Waals surface area contributed by atoms with Crippen molar-refractivity contribution in [1.82, 2.24) is 0 Å². The molecule has 0 aliphatic heterocycles. The molecule has 1 unspecified atom stereocenters. The van der Waals surface area contributed by atoms with Gasteiger partial charge in [0, 0.05) is 19.3 Å². The lowest BCUT2D eigenvalue weighted by Gasteiger charge is -2.18. The third kappa shape index (κ3) is 51.4. The van der Waals surface area contributed by atoms with E-state index >= 15 is 0 Å². The van der Waals surface area contributed by atoms with Gasteiger partial charge in [0.1, 0.15) is 13.2 Å². The lowest BCUT2D eigenvalue weighted by Crippen LogP contribution is -2.30. The topological polar surface area (TPSA) is 78.9 Å². The van der Waals surface area contributed by atoms with Gasteiger partial charge in [0.15, 0.2) is 6.10 Å². The van der Waals surface area contributed by atoms with E-state index in [1.54, 1.807) is 0 Å². The minimum atomic E-state index is -0.811. The zero-order valence-corrected chi connectivity index (χ0v) is 42.5. The molecule has 0 aliphatic rings. The fraction of sp³-hybridized carbons (Fsp3) is 0.712. The van der Waals surface area contributed by atoms with Crippen molar-refractivity contribution < 1.29 is 28.6 Å². The molecule has 372 valence electrons. The molecule has 0 fully saturated rings. The van der Waals surface area contributed by atoms with Crippen molar-refractivity contribution in [3.05, 3.63) is 85.1 Å². The Hall–Kier alpha value is -3.41. The van der Waals surface area contributed by atoms with Crippen molar-refractivity contribution in [2.75, 3.05) is 13.2 Å². The van der Waals surface area contributed by atoms with Gasteiger partial charge < -0.3 is 14.2 Å². The van der Waals surface area contributed by atoms with Crippen LogP contribution in [0, 0.1) is 0 Å². The summed E-state index contributed by atoms with van der Waals surface area (Å²) in [5.74, 6) is -1.00. The second kappa shape index (κ2) is 53.2. The van der Waals surface area contributed by atoms with Crippen LogP contribution in [0.4, 0.5) is 0 Å². The van der Waals surface area contributed by atoms with Gasteiger partial charge in [0.2, 0.25) is 0 Å². The highest BCUT2D eigenvalue weighted by Gasteiger charge is 2.19. The molecule has 0 amide bonds. The van der Waals surface area contributed by atoms with Crippen LogP contribution in [0.25, 0.3) is 0 Å². The smallest absolute Gasteiger partial charge is 0.306 e. The van der Waals surface area contributed by atoms with Crippen LogP contribution in [-0.2, 0) is 28.6 Å². The van der Waals surface area contributed by atoms with E-state index in [1.165, 1.54) is 116 Å². The predicted octanol–water partition coefficient (Wildman–Crippen LogP) is 18.0. The highest BCUT2D eigenvalue weighted by atomic mass is 16.6. The van der Waals surface area contributed by atoms with Crippen molar-refractivity contribution in [3.8, 4) is 0 Å². The van der Waals surface area contributed by atoms with E-state index in [0.29, 0.717) is 19.3 Å². The molecule has 0 N–H and O–H groups in total. The number of unbranched alkanes of at least 4 members (excludes halogenated alkanes) is 23. The van der Waals surface area contributed by atoms with Crippen LogP contribution in [-0.4, -0.2) is 37.2 Å². The Kier molecular flexibility index (Phi) is 50.4. The summed E-state index contributed by atoms with van der Waals surface area (Å²) >= 11 is 0. The van der Waals surface area contributed by atoms with Crippen LogP contribution in [0.3, 0.4) is 0 Å². The fourth-order valence-corrected chi connectivity index (χ4v) is 7.35. The predicted molar refractivity (Wildman–Crippen MR) is 279 cm³/mol. The van der Waals surface area contributed by atoms with Crippen LogP contribution in [0.1, 0.15) is 252 Å². The first-order chi connectivity index (χ1) is 32.0. The lowest BCUT2D eigenvalue weighted by atomic mass is 10.0. The maximum atomic E-state index is 12.8. The van der Waals surface area contributed by atoms with Gasteiger partial charge in [-0.3, -0.25) is 14.4 Å². The SMILES string of the molecule is CC/C=C\C/C=C\C/C=C\C/C=C\C/C=C\C/C=C\CCC(=O)OCC(COC(=O)CCCCC/C=C\CCCCCCCC)OC(=O)CCCCCCCCCCCCCCCCC. The number of hydrogen-bond acceptors (Lipinski definition) is 6. The van der Waals surface area contributed by atoms with Crippen molar-refractivity contribution in [1.29, 1.82) is 0 Å². The second-order valence-electron chi connectivity index (χ2n) is 17.8. The van der Waals surface area contributed by atoms with Crippen LogP contribution >= 0.6 is 0 Å². The number of esters is 3. The molecule has 0 heterocycles. The summed E-state index contributed by atoms with van der Waals surface area (Å²) < 4.78 is 16.7. The maximum absolute atomic E-state index is 12.8. The number of allylic oxidation sites excluding steroid dienone is 14. The average molecular weight is 905 g/mol. The number of hydrogen-bond donors (Lipinski definition) is 0. The monoisotopic (exact) mass is 905 g/mol. The standard InChI is InChI=1S/C59H100O6/c1-4-7-10-13-16-19-22-25-27-28-29-30-32-34-37-40-43-46-49-52-58(61)64-55-56(54-63-57(60)51-48-45-42-39-36-33-24-21-18-15-12-9-6-3)65-59(62)53-50-47-44-41-38-35-31-26-23-20-17-14-11-8-5-2/h7,10,16,19,25,27,29-30,33-34,36-37,43,46,56H,4-6,8-9,11-15,17-18,20-24,26,28,31-32,35,38-42,44-45,47-55H2,1-3H3/b10-7-,19-16-,27-25-,30-29-,36-33-,37-34-,46-43-. The molecular formula is C59H100O6. The molecule has 0 aliphatic carbocycles. The number of ether oxygens (including phenoxy) is 3. The Bertz CT molecular complexity index is 1270. The first-order valence-corrected chi connectivity index (χ1v) is 27.1. The molecule has 0 radical (unpaired) electrons. The van der Waals surface area contributed by atoms with Crippen molar-refractivity contribution >= 4 is 17.9 Å². The first-order valence-electron chi connectivity index (χ1n) is 27.1. The summed E-state index contributed by atoms with van der Waals surface area (Å²) in [5, 5.41) is 0. The van der Waals surface area contributed by atoms with Crippen LogP contribution in [0.15, 0.2) is 85.1 Å². The second-order valence-corrected chi connectivity index (χ2v) is 17.8. The Morgan fingerprint density at radius 3 is 1.05 bits per heavy atom. The Morgan fingerprint density at radius 2 is 0.631 bits per heavy atom. The van der Waals surface area contributed by atoms with Gasteiger partial charge in [0.25, 0.3) is 0 Å². The van der Waals surface area contributed by atoms with Crippen LogP contribution in [0.5, 0.6) is 0 Å². The van der Waals surface area contributed by atoms with E-state index in [-0.39, 0.29) is 37.5 Å². The molecule has 1 atom stereocenters. The number of rotatable bonds is 48. The van der Waals surface area contributed by atoms with Gasteiger partial charge in [-0.05, 0) is 83.5 Å². The van der Waals surface area contributed by atoms with Crippen molar-refractivity contribution in [2.45, 2.75) is 258 Å². The Morgan fingerprint density at radius 1 is 0.323 bits per heavy atom. The third-order valence-electron chi connectivity index (χ3n) is 11.4. The minimum absolute atomic E-state index is 0.106. The number of carbonyl (C=O) groups is 3. The van der Waals surface area contributed by atoms with Gasteiger partial charge in [-0.25, -0.2) is 0 Å². The molecule has 0 aromatic carbocycles. The third-order valence-corrected chi connectivity index (χ3v) is 11.4. The van der Waals surface area contributed by atoms with Crippen molar-refractivity contribution in [3.63, 3.8) is 0 Å². The van der Waals surface area contributed by atoms with E-state index in [0.717, 1.165) is 89.9 Å². The molecule has 0 aromatic rings. The highest BCUT2D eigenvalue weighted by Crippen LogP contribution is 2.15. The van der Waals surface area contributed by atoms with E-state index < -0.39 is 6.10 Å². The van der Waals surface area contributed by atoms with Crippen LogP contribution in [0.2, 0.25) is 0 Å². The molecule has 0 bridgehead atoms. The van der Waals surface area contributed by atoms with E-state index in [2.05, 4.69) is 99.8 Å². The molecule has 65 heavy (non-hydrogen) atoms. The maximum Gasteiger partial charge on any atom is 0.306 e. The van der Waals surface area contributed by atoms with Gasteiger partial charge in [-0.2, -0.15) is 0 Å². The zero-order chi connectivity index (χ0) is 47.2. The minimum Gasteiger partial charge on any atom is -0.462 e. The molecule has 0 saturated heterocycles.